The summed E-state index contributed by atoms with van der Waals surface area (Å²) in [6.45, 7) is 5.66. The number of rotatable bonds is 11. The summed E-state index contributed by atoms with van der Waals surface area (Å²) in [6.07, 6.45) is 0.348. The number of aliphatic hydroxyl groups excluding tert-OH is 2. The van der Waals surface area contributed by atoms with Gasteiger partial charge in [-0.1, -0.05) is 6.92 Å². The molecule has 0 aromatic rings. The van der Waals surface area contributed by atoms with E-state index in [1.807, 2.05) is 4.90 Å². The van der Waals surface area contributed by atoms with Gasteiger partial charge < -0.3 is 19.3 Å². The van der Waals surface area contributed by atoms with Crippen LogP contribution in [-0.4, -0.2) is 67.3 Å². The zero-order valence-corrected chi connectivity index (χ0v) is 11.6. The summed E-state index contributed by atoms with van der Waals surface area (Å²) >= 11 is 0. The van der Waals surface area contributed by atoms with Crippen molar-refractivity contribution in [2.75, 3.05) is 52.2 Å². The first kappa shape index (κ1) is 17.0. The van der Waals surface area contributed by atoms with Gasteiger partial charge in [0, 0.05) is 25.8 Å². The lowest BCUT2D eigenvalue weighted by Gasteiger charge is -2.22. The first-order valence-corrected chi connectivity index (χ1v) is 7.66. The summed E-state index contributed by atoms with van der Waals surface area (Å²) in [5.41, 5.74) is 0. The van der Waals surface area contributed by atoms with Crippen LogP contribution < -0.4 is 0 Å². The van der Waals surface area contributed by atoms with Gasteiger partial charge in [-0.25, -0.2) is 0 Å². The predicted molar refractivity (Wildman–Crippen MR) is 66.3 cm³/mol. The van der Waals surface area contributed by atoms with Crippen LogP contribution in [0.4, 0.5) is 0 Å². The molecule has 1 unspecified atom stereocenters. The molecule has 0 fully saturated rings. The van der Waals surface area contributed by atoms with Gasteiger partial charge in [-0.3, -0.25) is 9.46 Å². The number of hydrogen-bond acceptors (Lipinski definition) is 6. The van der Waals surface area contributed by atoms with Gasteiger partial charge in [0.15, 0.2) is 0 Å². The average Bonchev–Trinajstić information content (AvgIpc) is 2.30. The largest absolute Gasteiger partial charge is 0.395 e. The molecule has 7 heteroatoms. The van der Waals surface area contributed by atoms with Crippen LogP contribution in [0.1, 0.15) is 13.8 Å². The van der Waals surface area contributed by atoms with E-state index < -0.39 is 7.60 Å². The van der Waals surface area contributed by atoms with E-state index in [9.17, 15) is 4.57 Å². The van der Waals surface area contributed by atoms with Crippen LogP contribution in [0.2, 0.25) is 0 Å². The molecular weight excluding hydrogens is 245 g/mol. The molecule has 0 saturated heterocycles. The third-order valence-electron chi connectivity index (χ3n) is 2.24. The van der Waals surface area contributed by atoms with Gasteiger partial charge in [-0.05, 0) is 6.92 Å². The summed E-state index contributed by atoms with van der Waals surface area (Å²) in [5.74, 6) is 0. The third kappa shape index (κ3) is 7.86. The molecule has 2 N–H and O–H groups in total. The Hall–Kier alpha value is 0.0300. The molecule has 0 bridgehead atoms. The van der Waals surface area contributed by atoms with E-state index in [0.717, 1.165) is 0 Å². The fraction of sp³-hybridized carbons (Fsp3) is 1.00. The highest BCUT2D eigenvalue weighted by Crippen LogP contribution is 2.47. The molecule has 0 spiro atoms. The topological polar surface area (TPSA) is 79.2 Å². The van der Waals surface area contributed by atoms with E-state index >= 15 is 0 Å². The molecule has 0 saturated carbocycles. The molecule has 0 amide bonds. The molecule has 104 valence electrons. The Labute approximate surface area is 103 Å². The molecule has 0 heterocycles. The van der Waals surface area contributed by atoms with Crippen LogP contribution >= 0.6 is 7.60 Å². The monoisotopic (exact) mass is 269 g/mol. The Kier molecular flexibility index (Phi) is 10.0. The minimum atomic E-state index is -2.95. The third-order valence-corrected chi connectivity index (χ3v) is 4.24. The van der Waals surface area contributed by atoms with E-state index in [2.05, 4.69) is 0 Å². The Morgan fingerprint density at radius 1 is 1.06 bits per heavy atom. The van der Waals surface area contributed by atoms with Crippen LogP contribution in [-0.2, 0) is 13.6 Å². The first-order chi connectivity index (χ1) is 8.11. The summed E-state index contributed by atoms with van der Waals surface area (Å²) in [6, 6.07) is 0. The van der Waals surface area contributed by atoms with E-state index in [4.69, 9.17) is 19.3 Å². The second-order valence-electron chi connectivity index (χ2n) is 3.47. The summed E-state index contributed by atoms with van der Waals surface area (Å²) < 4.78 is 22.3. The van der Waals surface area contributed by atoms with Crippen molar-refractivity contribution in [2.24, 2.45) is 0 Å². The SMILES string of the molecule is CCOP(=O)(CC)OCCN(CCO)CCO. The van der Waals surface area contributed by atoms with E-state index in [0.29, 0.717) is 32.4 Å². The number of aliphatic hydroxyl groups is 2. The van der Waals surface area contributed by atoms with Crippen LogP contribution in [0.3, 0.4) is 0 Å². The fourth-order valence-electron chi connectivity index (χ4n) is 1.34. The predicted octanol–water partition coefficient (Wildman–Crippen LogP) is 0.539. The second-order valence-corrected chi connectivity index (χ2v) is 5.84. The Morgan fingerprint density at radius 2 is 1.65 bits per heavy atom. The van der Waals surface area contributed by atoms with Crippen molar-refractivity contribution in [3.8, 4) is 0 Å². The van der Waals surface area contributed by atoms with Gasteiger partial charge in [0.2, 0.25) is 0 Å². The van der Waals surface area contributed by atoms with Crippen molar-refractivity contribution in [1.29, 1.82) is 0 Å². The average molecular weight is 269 g/mol. The summed E-state index contributed by atoms with van der Waals surface area (Å²) in [4.78, 5) is 1.84. The lowest BCUT2D eigenvalue weighted by molar-refractivity contribution is 0.133. The highest BCUT2D eigenvalue weighted by atomic mass is 31.2. The molecule has 0 aliphatic heterocycles. The quantitative estimate of drug-likeness (QED) is 0.533. The maximum atomic E-state index is 11.9. The van der Waals surface area contributed by atoms with Crippen molar-refractivity contribution in [3.63, 3.8) is 0 Å². The van der Waals surface area contributed by atoms with Gasteiger partial charge in [-0.15, -0.1) is 0 Å². The number of hydrogen-bond donors (Lipinski definition) is 2. The molecule has 0 aliphatic rings. The number of nitrogens with zero attached hydrogens (tertiary/aromatic N) is 1. The van der Waals surface area contributed by atoms with Crippen LogP contribution in [0.5, 0.6) is 0 Å². The van der Waals surface area contributed by atoms with Gasteiger partial charge >= 0.3 is 7.60 Å². The molecule has 0 aromatic heterocycles. The van der Waals surface area contributed by atoms with Crippen molar-refractivity contribution in [1.82, 2.24) is 4.90 Å². The lowest BCUT2D eigenvalue weighted by atomic mass is 10.4. The smallest absolute Gasteiger partial charge is 0.330 e. The van der Waals surface area contributed by atoms with E-state index in [-0.39, 0.29) is 19.8 Å². The van der Waals surface area contributed by atoms with Crippen molar-refractivity contribution >= 4 is 7.60 Å². The lowest BCUT2D eigenvalue weighted by Crippen LogP contribution is -2.32. The molecule has 0 aliphatic carbocycles. The summed E-state index contributed by atoms with van der Waals surface area (Å²) in [5, 5.41) is 17.6. The van der Waals surface area contributed by atoms with Crippen LogP contribution in [0, 0.1) is 0 Å². The van der Waals surface area contributed by atoms with Gasteiger partial charge in [0.05, 0.1) is 26.4 Å². The van der Waals surface area contributed by atoms with Crippen molar-refractivity contribution in [3.05, 3.63) is 0 Å². The van der Waals surface area contributed by atoms with Gasteiger partial charge in [0.1, 0.15) is 0 Å². The maximum Gasteiger partial charge on any atom is 0.330 e. The van der Waals surface area contributed by atoms with Crippen LogP contribution in [0.25, 0.3) is 0 Å². The molecule has 1 atom stereocenters. The zero-order chi connectivity index (χ0) is 13.1. The normalized spacial score (nSPS) is 15.1. The highest BCUT2D eigenvalue weighted by molar-refractivity contribution is 7.53. The minimum absolute atomic E-state index is 0.0247. The standard InChI is InChI=1S/C10H24NO5P/c1-3-15-17(14,4-2)16-10-7-11(5-8-12)6-9-13/h12-13H,3-10H2,1-2H3. The zero-order valence-electron chi connectivity index (χ0n) is 10.7. The molecular formula is C10H24NO5P. The van der Waals surface area contributed by atoms with Gasteiger partial charge in [0.25, 0.3) is 0 Å². The second kappa shape index (κ2) is 10.00. The minimum Gasteiger partial charge on any atom is -0.395 e. The molecule has 0 radical (unpaired) electrons. The Balaban J connectivity index is 3.95. The maximum absolute atomic E-state index is 11.9. The molecule has 0 rings (SSSR count). The van der Waals surface area contributed by atoms with E-state index in [1.165, 1.54) is 0 Å². The van der Waals surface area contributed by atoms with Gasteiger partial charge in [-0.2, -0.15) is 0 Å². The Bertz CT molecular complexity index is 221. The molecule has 6 nitrogen and oxygen atoms in total. The molecule has 0 aromatic carbocycles. The fourth-order valence-corrected chi connectivity index (χ4v) is 2.54. The van der Waals surface area contributed by atoms with E-state index in [1.54, 1.807) is 13.8 Å². The van der Waals surface area contributed by atoms with Crippen LogP contribution in [0.15, 0.2) is 0 Å². The Morgan fingerprint density at radius 3 is 2.06 bits per heavy atom. The highest BCUT2D eigenvalue weighted by Gasteiger charge is 2.21. The van der Waals surface area contributed by atoms with Crippen molar-refractivity contribution in [2.45, 2.75) is 13.8 Å². The van der Waals surface area contributed by atoms with Crippen molar-refractivity contribution < 1.29 is 23.8 Å². The summed E-state index contributed by atoms with van der Waals surface area (Å²) in [7, 11) is -2.95. The first-order valence-electron chi connectivity index (χ1n) is 5.94. The molecule has 17 heavy (non-hydrogen) atoms.